The summed E-state index contributed by atoms with van der Waals surface area (Å²) in [7, 11) is 0. The van der Waals surface area contributed by atoms with Gasteiger partial charge in [-0.2, -0.15) is 0 Å². The molecule has 10 heteroatoms. The number of halogens is 1. The van der Waals surface area contributed by atoms with Crippen LogP contribution in [0.25, 0.3) is 17.1 Å². The molecule has 1 aliphatic heterocycles. The summed E-state index contributed by atoms with van der Waals surface area (Å²) in [6.45, 7) is 1.95. The van der Waals surface area contributed by atoms with E-state index in [1.54, 1.807) is 54.2 Å². The van der Waals surface area contributed by atoms with Crippen LogP contribution in [0, 0.1) is 5.82 Å². The molecule has 1 N–H and O–H groups in total. The van der Waals surface area contributed by atoms with Crippen molar-refractivity contribution in [3.05, 3.63) is 72.8 Å². The molecule has 0 spiro atoms. The van der Waals surface area contributed by atoms with Crippen molar-refractivity contribution in [3.63, 3.8) is 0 Å². The van der Waals surface area contributed by atoms with Gasteiger partial charge in [-0.1, -0.05) is 11.8 Å². The lowest BCUT2D eigenvalue weighted by molar-refractivity contribution is -0.115. The first-order valence-electron chi connectivity index (χ1n) is 10.1. The van der Waals surface area contributed by atoms with Crippen LogP contribution >= 0.6 is 11.8 Å². The van der Waals surface area contributed by atoms with E-state index in [0.29, 0.717) is 33.9 Å². The highest BCUT2D eigenvalue weighted by Gasteiger charge is 2.23. The number of hydrogen-bond donors (Lipinski definition) is 1. The molecule has 2 aromatic heterocycles. The lowest BCUT2D eigenvalue weighted by Gasteiger charge is -2.14. The van der Waals surface area contributed by atoms with Crippen LogP contribution in [0.2, 0.25) is 0 Å². The van der Waals surface area contributed by atoms with E-state index in [9.17, 15) is 9.18 Å². The minimum Gasteiger partial charge on any atom is -0.454 e. The number of pyridine rings is 1. The van der Waals surface area contributed by atoms with E-state index < -0.39 is 5.25 Å². The van der Waals surface area contributed by atoms with Gasteiger partial charge in [0.1, 0.15) is 5.82 Å². The first kappa shape index (κ1) is 21.0. The molecular formula is C23H18FN5O3S. The van der Waals surface area contributed by atoms with Crippen molar-refractivity contribution in [3.8, 4) is 28.6 Å². The van der Waals surface area contributed by atoms with Crippen molar-refractivity contribution in [2.24, 2.45) is 0 Å². The molecule has 3 heterocycles. The van der Waals surface area contributed by atoms with Crippen LogP contribution in [0.4, 0.5) is 10.1 Å². The van der Waals surface area contributed by atoms with E-state index in [2.05, 4.69) is 20.5 Å². The second kappa shape index (κ2) is 8.91. The average Bonchev–Trinajstić information content (AvgIpc) is 3.47. The van der Waals surface area contributed by atoms with Crippen molar-refractivity contribution in [2.45, 2.75) is 17.3 Å². The summed E-state index contributed by atoms with van der Waals surface area (Å²) in [5.74, 6) is 1.24. The SMILES string of the molecule is CC(Sc1nnc(-c2ccncc2)n1-c1ccc(F)cc1)C(=O)Nc1ccc2c(c1)OCO2. The molecule has 0 bridgehead atoms. The Morgan fingerprint density at radius 2 is 1.82 bits per heavy atom. The fourth-order valence-electron chi connectivity index (χ4n) is 3.29. The number of aromatic nitrogens is 4. The number of hydrogen-bond acceptors (Lipinski definition) is 7. The first-order valence-corrected chi connectivity index (χ1v) is 11.0. The van der Waals surface area contributed by atoms with E-state index in [1.807, 2.05) is 12.1 Å². The number of carbonyl (C=O) groups is 1. The Kier molecular flexibility index (Phi) is 5.66. The Morgan fingerprint density at radius 1 is 1.06 bits per heavy atom. The summed E-state index contributed by atoms with van der Waals surface area (Å²) in [5.41, 5.74) is 2.08. The number of carbonyl (C=O) groups excluding carboxylic acids is 1. The van der Waals surface area contributed by atoms with Crippen LogP contribution in [0.5, 0.6) is 11.5 Å². The lowest BCUT2D eigenvalue weighted by Crippen LogP contribution is -2.22. The first-order chi connectivity index (χ1) is 16.1. The van der Waals surface area contributed by atoms with Crippen molar-refractivity contribution in [1.82, 2.24) is 19.7 Å². The Bertz CT molecular complexity index is 1300. The summed E-state index contributed by atoms with van der Waals surface area (Å²) in [5, 5.41) is 11.5. The number of anilines is 1. The highest BCUT2D eigenvalue weighted by molar-refractivity contribution is 8.00. The number of benzene rings is 2. The maximum Gasteiger partial charge on any atom is 0.237 e. The summed E-state index contributed by atoms with van der Waals surface area (Å²) in [4.78, 5) is 16.9. The number of nitrogens with zero attached hydrogens (tertiary/aromatic N) is 4. The molecular weight excluding hydrogens is 445 g/mol. The third kappa shape index (κ3) is 4.37. The Hall–Kier alpha value is -3.92. The Labute approximate surface area is 192 Å². The fraction of sp³-hybridized carbons (Fsp3) is 0.130. The Balaban J connectivity index is 1.41. The smallest absolute Gasteiger partial charge is 0.237 e. The normalized spacial score (nSPS) is 13.0. The maximum atomic E-state index is 13.5. The molecule has 2 aromatic carbocycles. The summed E-state index contributed by atoms with van der Waals surface area (Å²) in [6, 6.07) is 14.9. The van der Waals surface area contributed by atoms with Gasteiger partial charge in [0.15, 0.2) is 22.5 Å². The second-order valence-corrected chi connectivity index (χ2v) is 8.48. The quantitative estimate of drug-likeness (QED) is 0.426. The van der Waals surface area contributed by atoms with Crippen LogP contribution in [0.3, 0.4) is 0 Å². The zero-order chi connectivity index (χ0) is 22.8. The van der Waals surface area contributed by atoms with Gasteiger partial charge in [-0.25, -0.2) is 4.39 Å². The molecule has 1 aliphatic rings. The van der Waals surface area contributed by atoms with Gasteiger partial charge >= 0.3 is 0 Å². The standard InChI is InChI=1S/C23H18FN5O3S/c1-14(22(30)26-17-4-7-19-20(12-17)32-13-31-19)33-23-28-27-21(15-8-10-25-11-9-15)29(23)18-5-2-16(24)3-6-18/h2-12,14H,13H2,1H3,(H,26,30). The van der Waals surface area contributed by atoms with Crippen molar-refractivity contribution in [1.29, 1.82) is 0 Å². The molecule has 1 atom stereocenters. The number of rotatable bonds is 6. The van der Waals surface area contributed by atoms with Crippen molar-refractivity contribution < 1.29 is 18.7 Å². The molecule has 0 fully saturated rings. The number of amides is 1. The lowest BCUT2D eigenvalue weighted by atomic mass is 10.2. The number of thioether (sulfide) groups is 1. The number of fused-ring (bicyclic) bond motifs is 1. The van der Waals surface area contributed by atoms with Gasteiger partial charge in [0, 0.05) is 35.4 Å². The largest absolute Gasteiger partial charge is 0.454 e. The van der Waals surface area contributed by atoms with Gasteiger partial charge in [-0.05, 0) is 55.5 Å². The van der Waals surface area contributed by atoms with Crippen molar-refractivity contribution in [2.75, 3.05) is 12.1 Å². The van der Waals surface area contributed by atoms with Gasteiger partial charge in [0.25, 0.3) is 0 Å². The van der Waals surface area contributed by atoms with Gasteiger partial charge in [-0.15, -0.1) is 10.2 Å². The van der Waals surface area contributed by atoms with Gasteiger partial charge in [0.05, 0.1) is 5.25 Å². The Morgan fingerprint density at radius 3 is 2.61 bits per heavy atom. The van der Waals surface area contributed by atoms with E-state index in [0.717, 1.165) is 5.56 Å². The number of nitrogens with one attached hydrogen (secondary N) is 1. The summed E-state index contributed by atoms with van der Waals surface area (Å²) in [6.07, 6.45) is 3.32. The van der Waals surface area contributed by atoms with Gasteiger partial charge < -0.3 is 14.8 Å². The van der Waals surface area contributed by atoms with Gasteiger partial charge in [0.2, 0.25) is 12.7 Å². The molecule has 0 saturated heterocycles. The molecule has 33 heavy (non-hydrogen) atoms. The van der Waals surface area contributed by atoms with E-state index in [1.165, 1.54) is 23.9 Å². The zero-order valence-electron chi connectivity index (χ0n) is 17.4. The van der Waals surface area contributed by atoms with E-state index in [4.69, 9.17) is 9.47 Å². The molecule has 1 unspecified atom stereocenters. The van der Waals surface area contributed by atoms with Crippen LogP contribution in [0.15, 0.2) is 72.1 Å². The molecule has 0 aliphatic carbocycles. The molecule has 4 aromatic rings. The van der Waals surface area contributed by atoms with Crippen LogP contribution < -0.4 is 14.8 Å². The predicted molar refractivity (Wildman–Crippen MR) is 121 cm³/mol. The minimum absolute atomic E-state index is 0.165. The minimum atomic E-state index is -0.496. The second-order valence-electron chi connectivity index (χ2n) is 7.17. The van der Waals surface area contributed by atoms with Crippen LogP contribution in [0.1, 0.15) is 6.92 Å². The van der Waals surface area contributed by atoms with Crippen molar-refractivity contribution >= 4 is 23.4 Å². The topological polar surface area (TPSA) is 91.2 Å². The van der Waals surface area contributed by atoms with E-state index >= 15 is 0 Å². The van der Waals surface area contributed by atoms with Gasteiger partial charge in [-0.3, -0.25) is 14.3 Å². The molecule has 0 saturated carbocycles. The molecule has 0 radical (unpaired) electrons. The summed E-state index contributed by atoms with van der Waals surface area (Å²) >= 11 is 1.25. The highest BCUT2D eigenvalue weighted by Crippen LogP contribution is 2.35. The average molecular weight is 463 g/mol. The predicted octanol–water partition coefficient (Wildman–Crippen LogP) is 4.32. The van der Waals surface area contributed by atoms with E-state index in [-0.39, 0.29) is 18.5 Å². The van der Waals surface area contributed by atoms with Crippen LogP contribution in [-0.4, -0.2) is 37.7 Å². The molecule has 166 valence electrons. The highest BCUT2D eigenvalue weighted by atomic mass is 32.2. The zero-order valence-corrected chi connectivity index (χ0v) is 18.3. The fourth-order valence-corrected chi connectivity index (χ4v) is 4.15. The van der Waals surface area contributed by atoms with Crippen LogP contribution in [-0.2, 0) is 4.79 Å². The monoisotopic (exact) mass is 463 g/mol. The molecule has 5 rings (SSSR count). The molecule has 8 nitrogen and oxygen atoms in total. The maximum absolute atomic E-state index is 13.5. The molecule has 1 amide bonds. The number of ether oxygens (including phenoxy) is 2. The summed E-state index contributed by atoms with van der Waals surface area (Å²) < 4.78 is 26.0. The third-order valence-electron chi connectivity index (χ3n) is 4.95. The third-order valence-corrected chi connectivity index (χ3v) is 5.99.